The lowest BCUT2D eigenvalue weighted by Gasteiger charge is -2.27. The number of hydrogen-bond donors (Lipinski definition) is 0. The summed E-state index contributed by atoms with van der Waals surface area (Å²) >= 11 is 0. The van der Waals surface area contributed by atoms with Crippen LogP contribution < -0.4 is 4.74 Å². The minimum absolute atomic E-state index is 0.0362. The first-order valence-corrected chi connectivity index (χ1v) is 7.57. The molecular weight excluding hydrogens is 309 g/mol. The number of ether oxygens (including phenoxy) is 2. The van der Waals surface area contributed by atoms with Crippen LogP contribution in [0.4, 0.5) is 4.39 Å². The number of nitrogens with zero attached hydrogens (tertiary/aromatic N) is 1. The predicted molar refractivity (Wildman–Crippen MR) is 86.8 cm³/mol. The summed E-state index contributed by atoms with van der Waals surface area (Å²) in [5.41, 5.74) is 0.743. The quantitative estimate of drug-likeness (QED) is 0.790. The van der Waals surface area contributed by atoms with Crippen LogP contribution in [-0.2, 0) is 9.57 Å². The van der Waals surface area contributed by atoms with Gasteiger partial charge in [0.15, 0.2) is 5.83 Å². The van der Waals surface area contributed by atoms with Crippen molar-refractivity contribution in [3.63, 3.8) is 0 Å². The van der Waals surface area contributed by atoms with Crippen LogP contribution in [0.5, 0.6) is 5.75 Å². The molecule has 1 aliphatic carbocycles. The van der Waals surface area contributed by atoms with E-state index in [0.717, 1.165) is 5.56 Å². The van der Waals surface area contributed by atoms with Gasteiger partial charge in [0, 0.05) is 18.1 Å². The first-order valence-electron chi connectivity index (χ1n) is 7.57. The number of hydrogen-bond acceptors (Lipinski definition) is 4. The van der Waals surface area contributed by atoms with Crippen molar-refractivity contribution in [1.82, 2.24) is 0 Å². The molecule has 0 amide bonds. The molecule has 0 fully saturated rings. The molecule has 1 heterocycles. The van der Waals surface area contributed by atoms with E-state index in [4.69, 9.17) is 14.3 Å². The Morgan fingerprint density at radius 2 is 1.71 bits per heavy atom. The van der Waals surface area contributed by atoms with E-state index in [2.05, 4.69) is 5.16 Å². The molecule has 1 atom stereocenters. The zero-order valence-corrected chi connectivity index (χ0v) is 12.7. The summed E-state index contributed by atoms with van der Waals surface area (Å²) in [5.74, 6) is -1.22. The summed E-state index contributed by atoms with van der Waals surface area (Å²) in [6, 6.07) is 18.2. The molecule has 0 radical (unpaired) electrons. The molecule has 24 heavy (non-hydrogen) atoms. The van der Waals surface area contributed by atoms with Crippen LogP contribution >= 0.6 is 0 Å². The molecule has 120 valence electrons. The molecule has 1 aliphatic heterocycles. The Bertz CT molecular complexity index is 830. The fourth-order valence-corrected chi connectivity index (χ4v) is 2.54. The van der Waals surface area contributed by atoms with Crippen LogP contribution in [-0.4, -0.2) is 11.7 Å². The highest BCUT2D eigenvalue weighted by Crippen LogP contribution is 2.39. The van der Waals surface area contributed by atoms with Crippen molar-refractivity contribution in [2.24, 2.45) is 5.16 Å². The number of benzene rings is 2. The van der Waals surface area contributed by atoms with E-state index in [0.29, 0.717) is 5.75 Å². The first-order chi connectivity index (χ1) is 11.8. The molecule has 2 aliphatic rings. The molecule has 0 bridgehead atoms. The van der Waals surface area contributed by atoms with Gasteiger partial charge >= 0.3 is 5.79 Å². The standard InChI is InChI=1S/C19H14FNO3/c20-16-12-7-13-19(17(16)22-15-10-5-2-6-11-15)23-18(21-24-19)14-8-3-1-4-9-14/h1-11,13H,12H2. The Kier molecular flexibility index (Phi) is 3.54. The predicted octanol–water partition coefficient (Wildman–Crippen LogP) is 4.31. The second-order valence-corrected chi connectivity index (χ2v) is 5.38. The number of rotatable bonds is 3. The first kappa shape index (κ1) is 14.5. The molecule has 2 aromatic rings. The lowest BCUT2D eigenvalue weighted by molar-refractivity contribution is -0.113. The van der Waals surface area contributed by atoms with Gasteiger partial charge in [-0.05, 0) is 29.4 Å². The van der Waals surface area contributed by atoms with Gasteiger partial charge in [0.25, 0.3) is 5.90 Å². The number of para-hydroxylation sites is 1. The third kappa shape index (κ3) is 2.54. The van der Waals surface area contributed by atoms with Gasteiger partial charge < -0.3 is 14.3 Å². The summed E-state index contributed by atoms with van der Waals surface area (Å²) in [7, 11) is 0. The second kappa shape index (κ2) is 5.85. The van der Waals surface area contributed by atoms with E-state index in [9.17, 15) is 4.39 Å². The van der Waals surface area contributed by atoms with Crippen molar-refractivity contribution >= 4 is 5.90 Å². The third-order valence-corrected chi connectivity index (χ3v) is 3.69. The average Bonchev–Trinajstić information content (AvgIpc) is 3.05. The van der Waals surface area contributed by atoms with Gasteiger partial charge in [-0.1, -0.05) is 42.5 Å². The van der Waals surface area contributed by atoms with Crippen molar-refractivity contribution in [3.8, 4) is 5.75 Å². The Morgan fingerprint density at radius 3 is 2.46 bits per heavy atom. The smallest absolute Gasteiger partial charge is 0.358 e. The highest BCUT2D eigenvalue weighted by Gasteiger charge is 2.49. The molecule has 5 heteroatoms. The van der Waals surface area contributed by atoms with Crippen molar-refractivity contribution < 1.29 is 18.7 Å². The fourth-order valence-electron chi connectivity index (χ4n) is 2.54. The van der Waals surface area contributed by atoms with Gasteiger partial charge in [-0.15, -0.1) is 0 Å². The minimum Gasteiger partial charge on any atom is -0.450 e. The van der Waals surface area contributed by atoms with Gasteiger partial charge in [0.05, 0.1) is 0 Å². The lowest BCUT2D eigenvalue weighted by atomic mass is 10.1. The van der Waals surface area contributed by atoms with Crippen LogP contribution in [0.2, 0.25) is 0 Å². The van der Waals surface area contributed by atoms with Gasteiger partial charge in [-0.2, -0.15) is 0 Å². The van der Waals surface area contributed by atoms with Gasteiger partial charge in [0.1, 0.15) is 5.75 Å². The zero-order chi connectivity index (χ0) is 16.4. The van der Waals surface area contributed by atoms with E-state index in [-0.39, 0.29) is 18.1 Å². The number of allylic oxidation sites excluding steroid dienone is 2. The van der Waals surface area contributed by atoms with Crippen LogP contribution in [0.15, 0.2) is 89.6 Å². The largest absolute Gasteiger partial charge is 0.450 e. The molecule has 1 spiro atoms. The lowest BCUT2D eigenvalue weighted by Crippen LogP contribution is -2.37. The third-order valence-electron chi connectivity index (χ3n) is 3.69. The summed E-state index contributed by atoms with van der Waals surface area (Å²) in [5, 5.41) is 3.97. The Morgan fingerprint density at radius 1 is 1.00 bits per heavy atom. The van der Waals surface area contributed by atoms with E-state index >= 15 is 0 Å². The van der Waals surface area contributed by atoms with Crippen LogP contribution in [0.3, 0.4) is 0 Å². The topological polar surface area (TPSA) is 40.0 Å². The summed E-state index contributed by atoms with van der Waals surface area (Å²) in [4.78, 5) is 5.46. The Labute approximate surface area is 138 Å². The molecule has 0 N–H and O–H groups in total. The van der Waals surface area contributed by atoms with Crippen LogP contribution in [0.25, 0.3) is 0 Å². The Hall–Kier alpha value is -3.08. The SMILES string of the molecule is FC1=C(Oc2ccccc2)C2(C=CC1)ON=C(c1ccccc1)O2. The van der Waals surface area contributed by atoms with E-state index in [1.54, 1.807) is 36.4 Å². The molecule has 2 aromatic carbocycles. The Balaban J connectivity index is 1.64. The zero-order valence-electron chi connectivity index (χ0n) is 12.7. The van der Waals surface area contributed by atoms with Crippen LogP contribution in [0.1, 0.15) is 12.0 Å². The molecule has 4 rings (SSSR count). The summed E-state index contributed by atoms with van der Waals surface area (Å²) in [6.45, 7) is 0. The van der Waals surface area contributed by atoms with Crippen molar-refractivity contribution in [2.75, 3.05) is 0 Å². The maximum absolute atomic E-state index is 14.5. The van der Waals surface area contributed by atoms with Gasteiger partial charge in [-0.25, -0.2) is 4.39 Å². The minimum atomic E-state index is -1.51. The van der Waals surface area contributed by atoms with Gasteiger partial charge in [-0.3, -0.25) is 0 Å². The molecule has 0 aromatic heterocycles. The van der Waals surface area contributed by atoms with Crippen molar-refractivity contribution in [2.45, 2.75) is 12.2 Å². The number of halogens is 1. The monoisotopic (exact) mass is 323 g/mol. The van der Waals surface area contributed by atoms with Crippen molar-refractivity contribution in [3.05, 3.63) is 90.0 Å². The molecule has 1 unspecified atom stereocenters. The fraction of sp³-hybridized carbons (Fsp3) is 0.105. The van der Waals surface area contributed by atoms with Crippen LogP contribution in [0, 0.1) is 0 Å². The van der Waals surface area contributed by atoms with E-state index in [1.165, 1.54) is 0 Å². The molecule has 0 saturated heterocycles. The molecular formula is C19H14FNO3. The van der Waals surface area contributed by atoms with Crippen molar-refractivity contribution in [1.29, 1.82) is 0 Å². The molecule has 0 saturated carbocycles. The number of oxime groups is 1. The maximum Gasteiger partial charge on any atom is 0.358 e. The average molecular weight is 323 g/mol. The van der Waals surface area contributed by atoms with E-state index in [1.807, 2.05) is 36.4 Å². The summed E-state index contributed by atoms with van der Waals surface area (Å²) in [6.07, 6.45) is 3.38. The second-order valence-electron chi connectivity index (χ2n) is 5.38. The normalized spacial score (nSPS) is 22.1. The van der Waals surface area contributed by atoms with Gasteiger partial charge in [0.2, 0.25) is 5.76 Å². The molecule has 4 nitrogen and oxygen atoms in total. The summed E-state index contributed by atoms with van der Waals surface area (Å²) < 4.78 is 26.0. The highest BCUT2D eigenvalue weighted by atomic mass is 19.1. The van der Waals surface area contributed by atoms with E-state index < -0.39 is 11.6 Å². The highest BCUT2D eigenvalue weighted by molar-refractivity contribution is 5.94. The maximum atomic E-state index is 14.5.